The van der Waals surface area contributed by atoms with E-state index >= 15 is 0 Å². The lowest BCUT2D eigenvalue weighted by Crippen LogP contribution is -2.41. The van der Waals surface area contributed by atoms with Crippen molar-refractivity contribution in [3.05, 3.63) is 83.6 Å². The number of benzene rings is 3. The standard InChI is InChI=1S/C31H34F3N5O/c1-40-30(27(36)8-4-5-17-35)37-23-12-14-24(15-13-23)39-28(19-29(38-39)31(32,33)34)22-11-16-26-21(18-22)10-9-20-6-2-3-7-25(20)26/h3,7,9-16,18-19,27,30,37H,2,4-6,8,17,35-36H2,1H3. The number of methoxy groups -OCH3 is 1. The van der Waals surface area contributed by atoms with Gasteiger partial charge in [0.2, 0.25) is 0 Å². The van der Waals surface area contributed by atoms with Gasteiger partial charge in [0.25, 0.3) is 0 Å². The zero-order valence-electron chi connectivity index (χ0n) is 22.4. The summed E-state index contributed by atoms with van der Waals surface area (Å²) in [6.07, 6.45) is 3.83. The van der Waals surface area contributed by atoms with Crippen LogP contribution in [-0.4, -0.2) is 35.7 Å². The lowest BCUT2D eigenvalue weighted by atomic mass is 9.91. The number of aromatic nitrogens is 2. The first-order valence-electron chi connectivity index (χ1n) is 13.5. The van der Waals surface area contributed by atoms with Crippen LogP contribution < -0.4 is 16.8 Å². The first-order valence-corrected chi connectivity index (χ1v) is 13.5. The van der Waals surface area contributed by atoms with Crippen molar-refractivity contribution < 1.29 is 17.9 Å². The van der Waals surface area contributed by atoms with Crippen molar-refractivity contribution >= 4 is 22.5 Å². The molecule has 1 aliphatic rings. The van der Waals surface area contributed by atoms with Crippen molar-refractivity contribution in [3.63, 3.8) is 0 Å². The Kier molecular flexibility index (Phi) is 8.25. The lowest BCUT2D eigenvalue weighted by molar-refractivity contribution is -0.141. The third-order valence-electron chi connectivity index (χ3n) is 7.37. The number of nitrogens with zero attached hydrogens (tertiary/aromatic N) is 2. The Morgan fingerprint density at radius 3 is 2.58 bits per heavy atom. The van der Waals surface area contributed by atoms with Gasteiger partial charge in [-0.2, -0.15) is 18.3 Å². The van der Waals surface area contributed by atoms with Gasteiger partial charge in [0, 0.05) is 24.4 Å². The molecule has 0 saturated carbocycles. The van der Waals surface area contributed by atoms with E-state index in [1.807, 2.05) is 24.3 Å². The van der Waals surface area contributed by atoms with Gasteiger partial charge in [-0.3, -0.25) is 0 Å². The first-order chi connectivity index (χ1) is 19.3. The number of hydrogen-bond acceptors (Lipinski definition) is 5. The van der Waals surface area contributed by atoms with Gasteiger partial charge in [-0.05, 0) is 90.5 Å². The SMILES string of the molecule is COC(Nc1ccc(-n2nc(C(F)(F)F)cc2-c2ccc3c4c(ccc3c2)CCC=C4)cc1)C(N)CCCCN. The zero-order chi connectivity index (χ0) is 28.3. The number of nitrogens with one attached hydrogen (secondary N) is 1. The van der Waals surface area contributed by atoms with E-state index in [0.29, 0.717) is 23.5 Å². The average Bonchev–Trinajstić information content (AvgIpc) is 3.42. The quantitative estimate of drug-likeness (QED) is 0.155. The fourth-order valence-corrected chi connectivity index (χ4v) is 5.21. The molecule has 0 spiro atoms. The van der Waals surface area contributed by atoms with Gasteiger partial charge in [0.05, 0.1) is 11.4 Å². The van der Waals surface area contributed by atoms with Crippen molar-refractivity contribution in [2.75, 3.05) is 19.0 Å². The second kappa shape index (κ2) is 11.8. The van der Waals surface area contributed by atoms with E-state index in [2.05, 4.69) is 28.6 Å². The molecule has 0 fully saturated rings. The molecule has 5 rings (SSSR count). The molecule has 2 unspecified atom stereocenters. The van der Waals surface area contributed by atoms with E-state index in [1.165, 1.54) is 15.8 Å². The third kappa shape index (κ3) is 5.91. The van der Waals surface area contributed by atoms with Crippen LogP contribution in [0.25, 0.3) is 33.8 Å². The van der Waals surface area contributed by atoms with Crippen LogP contribution in [-0.2, 0) is 17.3 Å². The number of fused-ring (bicyclic) bond motifs is 3. The van der Waals surface area contributed by atoms with Crippen molar-refractivity contribution in [2.24, 2.45) is 11.5 Å². The molecule has 0 aliphatic heterocycles. The van der Waals surface area contributed by atoms with E-state index in [-0.39, 0.29) is 6.04 Å². The minimum Gasteiger partial charge on any atom is -0.360 e. The summed E-state index contributed by atoms with van der Waals surface area (Å²) in [6, 6.07) is 17.8. The Hall–Kier alpha value is -3.66. The monoisotopic (exact) mass is 549 g/mol. The zero-order valence-corrected chi connectivity index (χ0v) is 22.4. The van der Waals surface area contributed by atoms with E-state index in [0.717, 1.165) is 54.6 Å². The number of halogens is 3. The molecule has 9 heteroatoms. The van der Waals surface area contributed by atoms with Crippen LogP contribution in [0.4, 0.5) is 18.9 Å². The number of aryl methyl sites for hydroxylation is 1. The maximum Gasteiger partial charge on any atom is 0.435 e. The predicted molar refractivity (Wildman–Crippen MR) is 154 cm³/mol. The second-order valence-electron chi connectivity index (χ2n) is 10.1. The van der Waals surface area contributed by atoms with E-state index < -0.39 is 18.1 Å². The van der Waals surface area contributed by atoms with Crippen LogP contribution >= 0.6 is 0 Å². The van der Waals surface area contributed by atoms with Gasteiger partial charge < -0.3 is 21.5 Å². The Balaban J connectivity index is 1.46. The molecule has 3 aromatic carbocycles. The van der Waals surface area contributed by atoms with Gasteiger partial charge in [-0.25, -0.2) is 4.68 Å². The van der Waals surface area contributed by atoms with Gasteiger partial charge in [-0.15, -0.1) is 0 Å². The first kappa shape index (κ1) is 27.9. The highest BCUT2D eigenvalue weighted by Gasteiger charge is 2.35. The maximum absolute atomic E-state index is 13.8. The molecule has 2 atom stereocenters. The number of allylic oxidation sites excluding steroid dienone is 1. The van der Waals surface area contributed by atoms with E-state index in [9.17, 15) is 13.2 Å². The van der Waals surface area contributed by atoms with Crippen LogP contribution in [0.3, 0.4) is 0 Å². The number of anilines is 1. The smallest absolute Gasteiger partial charge is 0.360 e. The van der Waals surface area contributed by atoms with Gasteiger partial charge in [-0.1, -0.05) is 42.8 Å². The summed E-state index contributed by atoms with van der Waals surface area (Å²) in [5, 5.41) is 9.28. The van der Waals surface area contributed by atoms with Crippen molar-refractivity contribution in [3.8, 4) is 16.9 Å². The number of unbranched alkanes of at least 4 members (excludes halogenated alkanes) is 1. The third-order valence-corrected chi connectivity index (χ3v) is 7.37. The summed E-state index contributed by atoms with van der Waals surface area (Å²) < 4.78 is 48.2. The topological polar surface area (TPSA) is 91.1 Å². The summed E-state index contributed by atoms with van der Waals surface area (Å²) in [5.41, 5.74) is 15.6. The summed E-state index contributed by atoms with van der Waals surface area (Å²) in [4.78, 5) is 0. The number of rotatable bonds is 10. The molecule has 210 valence electrons. The lowest BCUT2D eigenvalue weighted by Gasteiger charge is -2.24. The van der Waals surface area contributed by atoms with E-state index in [4.69, 9.17) is 16.2 Å². The number of nitrogens with two attached hydrogens (primary N) is 2. The van der Waals surface area contributed by atoms with Crippen LogP contribution in [0.1, 0.15) is 42.5 Å². The van der Waals surface area contributed by atoms with Crippen molar-refractivity contribution in [1.29, 1.82) is 0 Å². The Bertz CT molecular complexity index is 1490. The second-order valence-corrected chi connectivity index (χ2v) is 10.1. The highest BCUT2D eigenvalue weighted by Crippen LogP contribution is 2.36. The molecule has 40 heavy (non-hydrogen) atoms. The predicted octanol–water partition coefficient (Wildman–Crippen LogP) is 6.51. The minimum absolute atomic E-state index is 0.239. The molecule has 5 N–H and O–H groups in total. The Morgan fingerprint density at radius 1 is 1.05 bits per heavy atom. The van der Waals surface area contributed by atoms with Crippen LogP contribution in [0.15, 0.2) is 66.7 Å². The average molecular weight is 550 g/mol. The molecular weight excluding hydrogens is 515 g/mol. The fourth-order valence-electron chi connectivity index (χ4n) is 5.21. The molecule has 0 amide bonds. The highest BCUT2D eigenvalue weighted by molar-refractivity contribution is 5.95. The van der Waals surface area contributed by atoms with Crippen LogP contribution in [0.5, 0.6) is 0 Å². The molecule has 4 aromatic rings. The maximum atomic E-state index is 13.8. The fraction of sp³-hybridized carbons (Fsp3) is 0.323. The molecule has 0 saturated heterocycles. The van der Waals surface area contributed by atoms with Gasteiger partial charge in [0.1, 0.15) is 6.23 Å². The summed E-state index contributed by atoms with van der Waals surface area (Å²) in [7, 11) is 1.58. The van der Waals surface area contributed by atoms with Crippen LogP contribution in [0, 0.1) is 0 Å². The molecule has 6 nitrogen and oxygen atoms in total. The van der Waals surface area contributed by atoms with E-state index in [1.54, 1.807) is 31.4 Å². The van der Waals surface area contributed by atoms with Crippen LogP contribution in [0.2, 0.25) is 0 Å². The Morgan fingerprint density at radius 2 is 1.85 bits per heavy atom. The van der Waals surface area contributed by atoms with Crippen molar-refractivity contribution in [1.82, 2.24) is 9.78 Å². The van der Waals surface area contributed by atoms with Crippen molar-refractivity contribution in [2.45, 2.75) is 50.6 Å². The molecule has 0 radical (unpaired) electrons. The molecule has 1 aliphatic carbocycles. The Labute approximate surface area is 231 Å². The summed E-state index contributed by atoms with van der Waals surface area (Å²) in [5.74, 6) is 0. The van der Waals surface area contributed by atoms with Gasteiger partial charge >= 0.3 is 6.18 Å². The minimum atomic E-state index is -4.58. The number of ether oxygens (including phenoxy) is 1. The summed E-state index contributed by atoms with van der Waals surface area (Å²) in [6.45, 7) is 0.614. The highest BCUT2D eigenvalue weighted by atomic mass is 19.4. The molecular formula is C31H34F3N5O. The largest absolute Gasteiger partial charge is 0.435 e. The molecule has 1 heterocycles. The molecule has 1 aromatic heterocycles. The normalized spacial score (nSPS) is 14.8. The summed E-state index contributed by atoms with van der Waals surface area (Å²) >= 11 is 0. The van der Waals surface area contributed by atoms with Gasteiger partial charge in [0.15, 0.2) is 5.69 Å². The molecule has 0 bridgehead atoms. The number of alkyl halides is 3. The number of hydrogen-bond donors (Lipinski definition) is 3.